The van der Waals surface area contributed by atoms with E-state index in [2.05, 4.69) is 4.52 Å². The Balaban J connectivity index is 2.90. The van der Waals surface area contributed by atoms with Crippen LogP contribution in [0.15, 0.2) is 18.2 Å². The minimum absolute atomic E-state index is 0.125. The van der Waals surface area contributed by atoms with Crippen molar-refractivity contribution < 1.29 is 24.5 Å². The second-order valence-electron chi connectivity index (χ2n) is 2.00. The zero-order chi connectivity index (χ0) is 9.14. The van der Waals surface area contributed by atoms with Crippen molar-refractivity contribution >= 4 is 8.60 Å². The lowest BCUT2D eigenvalue weighted by Gasteiger charge is -2.06. The summed E-state index contributed by atoms with van der Waals surface area (Å²) in [6, 6.07) is 3.51. The van der Waals surface area contributed by atoms with Crippen molar-refractivity contribution in [1.29, 1.82) is 0 Å². The number of aromatic hydroxyl groups is 2. The van der Waals surface area contributed by atoms with Gasteiger partial charge in [0.2, 0.25) is 0 Å². The minimum Gasteiger partial charge on any atom is -0.508 e. The lowest BCUT2D eigenvalue weighted by molar-refractivity contribution is 0.358. The summed E-state index contributed by atoms with van der Waals surface area (Å²) >= 11 is 0. The van der Waals surface area contributed by atoms with Gasteiger partial charge in [0.25, 0.3) is 0 Å². The van der Waals surface area contributed by atoms with E-state index >= 15 is 0 Å². The highest BCUT2D eigenvalue weighted by atomic mass is 31.2. The molecule has 1 aromatic carbocycles. The summed E-state index contributed by atoms with van der Waals surface area (Å²) in [5, 5.41) is 17.9. The average molecular weight is 190 g/mol. The summed E-state index contributed by atoms with van der Waals surface area (Å²) in [5.41, 5.74) is 0. The molecular weight excluding hydrogens is 183 g/mol. The summed E-state index contributed by atoms with van der Waals surface area (Å²) in [6.45, 7) is 0. The van der Waals surface area contributed by atoms with Crippen LogP contribution >= 0.6 is 8.60 Å². The molecule has 0 heterocycles. The maximum atomic E-state index is 9.04. The molecule has 5 nitrogen and oxygen atoms in total. The van der Waals surface area contributed by atoms with Crippen LogP contribution in [0.4, 0.5) is 0 Å². The van der Waals surface area contributed by atoms with Crippen molar-refractivity contribution in [3.8, 4) is 17.2 Å². The van der Waals surface area contributed by atoms with E-state index in [9.17, 15) is 0 Å². The van der Waals surface area contributed by atoms with E-state index in [0.29, 0.717) is 0 Å². The molecule has 0 unspecified atom stereocenters. The number of benzene rings is 1. The van der Waals surface area contributed by atoms with E-state index in [1.807, 2.05) is 0 Å². The molecule has 0 atom stereocenters. The normalized spacial score (nSPS) is 10.2. The van der Waals surface area contributed by atoms with Crippen LogP contribution < -0.4 is 4.52 Å². The first-order valence-corrected chi connectivity index (χ1v) is 4.14. The number of hydrogen-bond acceptors (Lipinski definition) is 5. The van der Waals surface area contributed by atoms with E-state index in [1.165, 1.54) is 12.1 Å². The van der Waals surface area contributed by atoms with Gasteiger partial charge in [0.15, 0.2) is 11.5 Å². The van der Waals surface area contributed by atoms with Crippen molar-refractivity contribution in [2.24, 2.45) is 0 Å². The fourth-order valence-corrected chi connectivity index (χ4v) is 0.986. The van der Waals surface area contributed by atoms with Gasteiger partial charge in [0, 0.05) is 6.07 Å². The predicted molar refractivity (Wildman–Crippen MR) is 41.8 cm³/mol. The van der Waals surface area contributed by atoms with Gasteiger partial charge in [0.05, 0.1) is 0 Å². The Hall–Kier alpha value is -1.03. The van der Waals surface area contributed by atoms with Gasteiger partial charge in [-0.15, -0.1) is 0 Å². The number of phenols is 2. The lowest BCUT2D eigenvalue weighted by atomic mass is 10.3. The van der Waals surface area contributed by atoms with Crippen LogP contribution in [0.2, 0.25) is 0 Å². The number of rotatable bonds is 2. The smallest absolute Gasteiger partial charge is 0.391 e. The average Bonchev–Trinajstić information content (AvgIpc) is 1.96. The first-order chi connectivity index (χ1) is 5.59. The van der Waals surface area contributed by atoms with Crippen LogP contribution in [0.25, 0.3) is 0 Å². The van der Waals surface area contributed by atoms with E-state index in [-0.39, 0.29) is 17.2 Å². The van der Waals surface area contributed by atoms with Gasteiger partial charge in [-0.1, -0.05) is 0 Å². The highest BCUT2D eigenvalue weighted by molar-refractivity contribution is 7.39. The minimum atomic E-state index is -2.58. The van der Waals surface area contributed by atoms with Crippen molar-refractivity contribution in [3.05, 3.63) is 18.2 Å². The van der Waals surface area contributed by atoms with Gasteiger partial charge in [-0.25, -0.2) is 0 Å². The van der Waals surface area contributed by atoms with Gasteiger partial charge in [0.1, 0.15) is 5.75 Å². The molecule has 0 bridgehead atoms. The molecule has 0 saturated heterocycles. The predicted octanol–water partition coefficient (Wildman–Crippen LogP) is 0.688. The molecule has 0 aliphatic heterocycles. The van der Waals surface area contributed by atoms with Crippen molar-refractivity contribution in [1.82, 2.24) is 0 Å². The van der Waals surface area contributed by atoms with Gasteiger partial charge >= 0.3 is 8.60 Å². The first kappa shape index (κ1) is 9.06. The van der Waals surface area contributed by atoms with Crippen LogP contribution in [0.5, 0.6) is 17.2 Å². The lowest BCUT2D eigenvalue weighted by Crippen LogP contribution is -1.85. The molecule has 4 N–H and O–H groups in total. The second kappa shape index (κ2) is 3.58. The molecule has 0 spiro atoms. The molecule has 0 amide bonds. The zero-order valence-electron chi connectivity index (χ0n) is 5.88. The van der Waals surface area contributed by atoms with Crippen LogP contribution in [-0.4, -0.2) is 20.0 Å². The summed E-state index contributed by atoms with van der Waals surface area (Å²) in [4.78, 5) is 16.9. The standard InChI is InChI=1S/C6H7O5P/c7-4-1-2-5(8)6(3-4)11-12(9)10/h1-3,7-10H. The van der Waals surface area contributed by atoms with Gasteiger partial charge < -0.3 is 24.5 Å². The molecule has 0 saturated carbocycles. The Morgan fingerprint density at radius 3 is 2.42 bits per heavy atom. The Labute approximate surface area is 69.5 Å². The Morgan fingerprint density at radius 1 is 1.17 bits per heavy atom. The fraction of sp³-hybridized carbons (Fsp3) is 0. The molecule has 1 aromatic rings. The number of hydrogen-bond donors (Lipinski definition) is 4. The number of phenolic OH excluding ortho intramolecular Hbond substituents is 2. The molecule has 0 aromatic heterocycles. The third-order valence-corrected chi connectivity index (χ3v) is 1.48. The highest BCUT2D eigenvalue weighted by Gasteiger charge is 2.08. The fourth-order valence-electron chi connectivity index (χ4n) is 0.664. The summed E-state index contributed by atoms with van der Waals surface area (Å²) in [7, 11) is -2.58. The molecule has 0 aliphatic rings. The summed E-state index contributed by atoms with van der Waals surface area (Å²) < 4.78 is 4.39. The topological polar surface area (TPSA) is 90.2 Å². The van der Waals surface area contributed by atoms with Gasteiger partial charge in [-0.2, -0.15) is 0 Å². The van der Waals surface area contributed by atoms with Crippen molar-refractivity contribution in [2.75, 3.05) is 0 Å². The molecule has 0 radical (unpaired) electrons. The molecule has 6 heteroatoms. The van der Waals surface area contributed by atoms with E-state index in [0.717, 1.165) is 6.07 Å². The van der Waals surface area contributed by atoms with Crippen molar-refractivity contribution in [2.45, 2.75) is 0 Å². The SMILES string of the molecule is Oc1ccc(O)c(OP(O)O)c1. The Kier molecular flexibility index (Phi) is 2.70. The highest BCUT2D eigenvalue weighted by Crippen LogP contribution is 2.37. The zero-order valence-corrected chi connectivity index (χ0v) is 6.77. The van der Waals surface area contributed by atoms with Crippen LogP contribution in [0, 0.1) is 0 Å². The van der Waals surface area contributed by atoms with E-state index < -0.39 is 8.60 Å². The Bertz CT molecular complexity index is 275. The molecule has 0 fully saturated rings. The molecule has 12 heavy (non-hydrogen) atoms. The monoisotopic (exact) mass is 190 g/mol. The third-order valence-electron chi connectivity index (χ3n) is 1.12. The van der Waals surface area contributed by atoms with Gasteiger partial charge in [-0.3, -0.25) is 0 Å². The molecule has 0 aliphatic carbocycles. The van der Waals surface area contributed by atoms with E-state index in [4.69, 9.17) is 20.0 Å². The molecule has 1 rings (SSSR count). The van der Waals surface area contributed by atoms with Crippen LogP contribution in [-0.2, 0) is 0 Å². The maximum absolute atomic E-state index is 9.04. The first-order valence-electron chi connectivity index (χ1n) is 2.97. The Morgan fingerprint density at radius 2 is 1.83 bits per heavy atom. The van der Waals surface area contributed by atoms with Gasteiger partial charge in [-0.05, 0) is 12.1 Å². The second-order valence-corrected chi connectivity index (χ2v) is 2.68. The summed E-state index contributed by atoms with van der Waals surface area (Å²) in [5.74, 6) is -0.547. The summed E-state index contributed by atoms with van der Waals surface area (Å²) in [6.07, 6.45) is 0. The maximum Gasteiger partial charge on any atom is 0.391 e. The van der Waals surface area contributed by atoms with Crippen LogP contribution in [0.3, 0.4) is 0 Å². The van der Waals surface area contributed by atoms with E-state index in [1.54, 1.807) is 0 Å². The van der Waals surface area contributed by atoms with Crippen molar-refractivity contribution in [3.63, 3.8) is 0 Å². The quantitative estimate of drug-likeness (QED) is 0.407. The van der Waals surface area contributed by atoms with Crippen LogP contribution in [0.1, 0.15) is 0 Å². The molecular formula is C6H7O5P. The third kappa shape index (κ3) is 2.23. The largest absolute Gasteiger partial charge is 0.508 e. The molecule has 66 valence electrons.